The van der Waals surface area contributed by atoms with Crippen LogP contribution in [0.15, 0.2) is 24.7 Å². The first-order chi connectivity index (χ1) is 7.77. The second kappa shape index (κ2) is 3.44. The molecule has 16 heavy (non-hydrogen) atoms. The van der Waals surface area contributed by atoms with Crippen molar-refractivity contribution in [3.8, 4) is 0 Å². The summed E-state index contributed by atoms with van der Waals surface area (Å²) in [5, 5.41) is 1.13. The van der Waals surface area contributed by atoms with Crippen LogP contribution in [0.3, 0.4) is 0 Å². The third kappa shape index (κ3) is 1.28. The van der Waals surface area contributed by atoms with Crippen LogP contribution in [0.4, 0.5) is 0 Å². The third-order valence-corrected chi connectivity index (χ3v) is 3.68. The van der Waals surface area contributed by atoms with Gasteiger partial charge in [0.05, 0.1) is 5.69 Å². The van der Waals surface area contributed by atoms with Gasteiger partial charge in [-0.05, 0) is 29.9 Å². The van der Waals surface area contributed by atoms with Crippen molar-refractivity contribution < 1.29 is 0 Å². The maximum atomic E-state index is 4.45. The molecule has 0 fully saturated rings. The summed E-state index contributed by atoms with van der Waals surface area (Å²) in [6, 6.07) is 2.06. The van der Waals surface area contributed by atoms with Gasteiger partial charge in [-0.2, -0.15) is 0 Å². The van der Waals surface area contributed by atoms with Crippen molar-refractivity contribution in [2.24, 2.45) is 11.8 Å². The number of hydrogen-bond donors (Lipinski definition) is 1. The zero-order valence-electron chi connectivity index (χ0n) is 9.57. The molecule has 1 N–H and O–H groups in total. The van der Waals surface area contributed by atoms with Gasteiger partial charge in [0.25, 0.3) is 0 Å². The summed E-state index contributed by atoms with van der Waals surface area (Å²) in [6.45, 7) is 4.58. The van der Waals surface area contributed by atoms with Gasteiger partial charge >= 0.3 is 0 Å². The van der Waals surface area contributed by atoms with Crippen molar-refractivity contribution in [1.29, 1.82) is 0 Å². The quantitative estimate of drug-likeness (QED) is 0.791. The fourth-order valence-electron chi connectivity index (χ4n) is 2.42. The zero-order chi connectivity index (χ0) is 11.1. The summed E-state index contributed by atoms with van der Waals surface area (Å²) in [7, 11) is 0. The molecule has 3 nitrogen and oxygen atoms in total. The summed E-state index contributed by atoms with van der Waals surface area (Å²) < 4.78 is 0. The van der Waals surface area contributed by atoms with Gasteiger partial charge in [0, 0.05) is 11.6 Å². The van der Waals surface area contributed by atoms with Gasteiger partial charge < -0.3 is 4.98 Å². The predicted molar refractivity (Wildman–Crippen MR) is 64.8 cm³/mol. The minimum Gasteiger partial charge on any atom is -0.346 e. The Labute approximate surface area is 94.6 Å². The lowest BCUT2D eigenvalue weighted by Crippen LogP contribution is -2.04. The van der Waals surface area contributed by atoms with Gasteiger partial charge in [0.2, 0.25) is 0 Å². The molecular formula is C13H15N3. The van der Waals surface area contributed by atoms with Gasteiger partial charge in [-0.1, -0.05) is 19.9 Å². The fourth-order valence-corrected chi connectivity index (χ4v) is 2.42. The first-order valence-electron chi connectivity index (χ1n) is 5.76. The lowest BCUT2D eigenvalue weighted by molar-refractivity contribution is 0.506. The molecule has 0 spiro atoms. The Hall–Kier alpha value is -1.64. The Morgan fingerprint density at radius 1 is 1.31 bits per heavy atom. The van der Waals surface area contributed by atoms with E-state index in [-0.39, 0.29) is 0 Å². The summed E-state index contributed by atoms with van der Waals surface area (Å²) in [4.78, 5) is 11.8. The van der Waals surface area contributed by atoms with Gasteiger partial charge in [-0.3, -0.25) is 0 Å². The SMILES string of the molecule is CC1CC=C(c2ncnc3[nH]ccc23)C1C. The number of nitrogens with zero attached hydrogens (tertiary/aromatic N) is 2. The second-order valence-corrected chi connectivity index (χ2v) is 4.62. The van der Waals surface area contributed by atoms with Crippen LogP contribution in [0.1, 0.15) is 26.0 Å². The first kappa shape index (κ1) is 9.58. The normalized spacial score (nSPS) is 25.0. The molecule has 1 aliphatic carbocycles. The molecule has 1 aliphatic rings. The van der Waals surface area contributed by atoms with E-state index < -0.39 is 0 Å². The molecule has 0 aliphatic heterocycles. The zero-order valence-corrected chi connectivity index (χ0v) is 9.57. The maximum absolute atomic E-state index is 4.45. The Morgan fingerprint density at radius 2 is 2.19 bits per heavy atom. The number of aromatic amines is 1. The predicted octanol–water partition coefficient (Wildman–Crippen LogP) is 3.02. The molecule has 3 heteroatoms. The maximum Gasteiger partial charge on any atom is 0.141 e. The van der Waals surface area contributed by atoms with E-state index in [1.165, 1.54) is 5.57 Å². The molecule has 0 radical (unpaired) electrons. The van der Waals surface area contributed by atoms with Crippen LogP contribution in [0.2, 0.25) is 0 Å². The summed E-state index contributed by atoms with van der Waals surface area (Å²) in [5.41, 5.74) is 3.40. The van der Waals surface area contributed by atoms with Crippen molar-refractivity contribution >= 4 is 16.6 Å². The van der Waals surface area contributed by atoms with Crippen molar-refractivity contribution in [3.63, 3.8) is 0 Å². The van der Waals surface area contributed by atoms with Crippen LogP contribution < -0.4 is 0 Å². The van der Waals surface area contributed by atoms with Crippen LogP contribution in [0.25, 0.3) is 16.6 Å². The molecule has 0 aromatic carbocycles. The minimum absolute atomic E-state index is 0.591. The second-order valence-electron chi connectivity index (χ2n) is 4.62. The lowest BCUT2D eigenvalue weighted by Gasteiger charge is -2.14. The van der Waals surface area contributed by atoms with E-state index in [0.29, 0.717) is 5.92 Å². The molecular weight excluding hydrogens is 198 g/mol. The number of aromatic nitrogens is 3. The lowest BCUT2D eigenvalue weighted by atomic mass is 9.92. The number of allylic oxidation sites excluding steroid dienone is 2. The number of hydrogen-bond acceptors (Lipinski definition) is 2. The highest BCUT2D eigenvalue weighted by Crippen LogP contribution is 2.38. The van der Waals surface area contributed by atoms with Crippen molar-refractivity contribution in [2.75, 3.05) is 0 Å². The number of H-pyrrole nitrogens is 1. The van der Waals surface area contributed by atoms with Gasteiger partial charge in [-0.25, -0.2) is 9.97 Å². The molecule has 0 bridgehead atoms. The molecule has 0 saturated carbocycles. The van der Waals surface area contributed by atoms with Crippen LogP contribution in [-0.2, 0) is 0 Å². The van der Waals surface area contributed by atoms with Crippen molar-refractivity contribution in [1.82, 2.24) is 15.0 Å². The molecule has 2 atom stereocenters. The molecule has 2 heterocycles. The van der Waals surface area contributed by atoms with E-state index in [1.807, 2.05) is 6.20 Å². The van der Waals surface area contributed by atoms with Gasteiger partial charge in [0.1, 0.15) is 12.0 Å². The molecule has 3 rings (SSSR count). The molecule has 2 aromatic heterocycles. The van der Waals surface area contributed by atoms with Gasteiger partial charge in [0.15, 0.2) is 0 Å². The van der Waals surface area contributed by atoms with E-state index in [1.54, 1.807) is 6.33 Å². The topological polar surface area (TPSA) is 41.6 Å². The molecule has 2 aromatic rings. The van der Waals surface area contributed by atoms with Crippen LogP contribution >= 0.6 is 0 Å². The highest BCUT2D eigenvalue weighted by atomic mass is 14.9. The van der Waals surface area contributed by atoms with E-state index in [9.17, 15) is 0 Å². The summed E-state index contributed by atoms with van der Waals surface area (Å²) in [5.74, 6) is 1.31. The Bertz CT molecular complexity index is 553. The fraction of sp³-hybridized carbons (Fsp3) is 0.385. The van der Waals surface area contributed by atoms with Crippen LogP contribution in [-0.4, -0.2) is 15.0 Å². The van der Waals surface area contributed by atoms with E-state index in [2.05, 4.69) is 40.9 Å². The molecule has 2 unspecified atom stereocenters. The summed E-state index contributed by atoms with van der Waals surface area (Å²) >= 11 is 0. The monoisotopic (exact) mass is 213 g/mol. The largest absolute Gasteiger partial charge is 0.346 e. The molecule has 82 valence electrons. The molecule has 0 amide bonds. The number of nitrogens with one attached hydrogen (secondary N) is 1. The highest BCUT2D eigenvalue weighted by Gasteiger charge is 2.25. The van der Waals surface area contributed by atoms with Crippen molar-refractivity contribution in [2.45, 2.75) is 20.3 Å². The van der Waals surface area contributed by atoms with Crippen LogP contribution in [0.5, 0.6) is 0 Å². The highest BCUT2D eigenvalue weighted by molar-refractivity contribution is 5.88. The average molecular weight is 213 g/mol. The van der Waals surface area contributed by atoms with E-state index in [4.69, 9.17) is 0 Å². The van der Waals surface area contributed by atoms with E-state index in [0.717, 1.165) is 29.1 Å². The number of rotatable bonds is 1. The third-order valence-electron chi connectivity index (χ3n) is 3.68. The first-order valence-corrected chi connectivity index (χ1v) is 5.76. The Kier molecular flexibility index (Phi) is 2.06. The van der Waals surface area contributed by atoms with E-state index >= 15 is 0 Å². The Balaban J connectivity index is 2.16. The standard InChI is InChI=1S/C13H15N3/c1-8-3-4-10(9(8)2)12-11-5-6-14-13(11)16-7-15-12/h4-9H,3H2,1-2H3,(H,14,15,16). The molecule has 0 saturated heterocycles. The van der Waals surface area contributed by atoms with Crippen molar-refractivity contribution in [3.05, 3.63) is 30.4 Å². The Morgan fingerprint density at radius 3 is 2.94 bits per heavy atom. The smallest absolute Gasteiger partial charge is 0.141 e. The summed E-state index contributed by atoms with van der Waals surface area (Å²) in [6.07, 6.45) is 7.05. The minimum atomic E-state index is 0.591. The number of fused-ring (bicyclic) bond motifs is 1. The van der Waals surface area contributed by atoms with Crippen LogP contribution in [0, 0.1) is 11.8 Å². The van der Waals surface area contributed by atoms with Gasteiger partial charge in [-0.15, -0.1) is 0 Å². The average Bonchev–Trinajstić information content (AvgIpc) is 2.87.